The van der Waals surface area contributed by atoms with Crippen molar-refractivity contribution in [3.63, 3.8) is 0 Å². The molecule has 1 unspecified atom stereocenters. The third kappa shape index (κ3) is 3.06. The highest BCUT2D eigenvalue weighted by Gasteiger charge is 2.11. The van der Waals surface area contributed by atoms with Gasteiger partial charge in [-0.2, -0.15) is 0 Å². The lowest BCUT2D eigenvalue weighted by Gasteiger charge is -2.12. The van der Waals surface area contributed by atoms with E-state index in [0.29, 0.717) is 17.1 Å². The number of nitrogens with one attached hydrogen (secondary N) is 2. The Morgan fingerprint density at radius 1 is 1.29 bits per heavy atom. The maximum Gasteiger partial charge on any atom is 0.127 e. The van der Waals surface area contributed by atoms with Gasteiger partial charge >= 0.3 is 0 Å². The van der Waals surface area contributed by atoms with Crippen LogP contribution in [0, 0.1) is 5.82 Å². The number of H-pyrrole nitrogens is 1. The molecule has 5 heteroatoms. The summed E-state index contributed by atoms with van der Waals surface area (Å²) in [7, 11) is 0. The quantitative estimate of drug-likeness (QED) is 0.758. The molecule has 3 nitrogen and oxygen atoms in total. The van der Waals surface area contributed by atoms with Crippen LogP contribution in [0.4, 0.5) is 4.39 Å². The first-order chi connectivity index (χ1) is 10.1. The minimum atomic E-state index is -0.260. The average Bonchev–Trinajstić information content (AvgIpc) is 2.92. The van der Waals surface area contributed by atoms with Crippen molar-refractivity contribution in [2.75, 3.05) is 0 Å². The van der Waals surface area contributed by atoms with Gasteiger partial charge in [0.05, 0.1) is 17.1 Å². The Morgan fingerprint density at radius 2 is 2.10 bits per heavy atom. The molecule has 21 heavy (non-hydrogen) atoms. The molecule has 0 aliphatic heterocycles. The van der Waals surface area contributed by atoms with Gasteiger partial charge in [-0.1, -0.05) is 23.7 Å². The van der Waals surface area contributed by atoms with E-state index in [2.05, 4.69) is 15.3 Å². The molecule has 0 aliphatic carbocycles. The van der Waals surface area contributed by atoms with Gasteiger partial charge in [-0.05, 0) is 37.3 Å². The standard InChI is InChI=1S/C16H15ClFN3/c1-10(16-20-14-4-2-3-5-15(14)21-16)19-9-11-8-12(17)6-7-13(11)18/h2-8,10,19H,9H2,1H3,(H,20,21). The van der Waals surface area contributed by atoms with Gasteiger partial charge in [-0.3, -0.25) is 0 Å². The molecule has 108 valence electrons. The number of hydrogen-bond donors (Lipinski definition) is 2. The Morgan fingerprint density at radius 3 is 2.90 bits per heavy atom. The Labute approximate surface area is 127 Å². The molecule has 1 atom stereocenters. The third-order valence-electron chi connectivity index (χ3n) is 3.42. The van der Waals surface area contributed by atoms with Gasteiger partial charge in [0, 0.05) is 17.1 Å². The van der Waals surface area contributed by atoms with Crippen LogP contribution in [0.1, 0.15) is 24.4 Å². The molecule has 0 spiro atoms. The van der Waals surface area contributed by atoms with E-state index in [1.54, 1.807) is 12.1 Å². The predicted molar refractivity (Wildman–Crippen MR) is 82.8 cm³/mol. The van der Waals surface area contributed by atoms with Crippen LogP contribution in [0.15, 0.2) is 42.5 Å². The summed E-state index contributed by atoms with van der Waals surface area (Å²) < 4.78 is 13.7. The van der Waals surface area contributed by atoms with Crippen LogP contribution in [0.2, 0.25) is 5.02 Å². The first-order valence-electron chi connectivity index (χ1n) is 6.75. The molecule has 0 amide bonds. The van der Waals surface area contributed by atoms with Crippen molar-refractivity contribution in [1.82, 2.24) is 15.3 Å². The van der Waals surface area contributed by atoms with Crippen LogP contribution in [0.25, 0.3) is 11.0 Å². The van der Waals surface area contributed by atoms with Gasteiger partial charge in [0.1, 0.15) is 11.6 Å². The molecule has 0 bridgehead atoms. The fourth-order valence-corrected chi connectivity index (χ4v) is 2.41. The Hall–Kier alpha value is -1.91. The zero-order valence-corrected chi connectivity index (χ0v) is 12.3. The lowest BCUT2D eigenvalue weighted by atomic mass is 10.2. The summed E-state index contributed by atoms with van der Waals surface area (Å²) in [5.41, 5.74) is 2.47. The first-order valence-corrected chi connectivity index (χ1v) is 7.13. The summed E-state index contributed by atoms with van der Waals surface area (Å²) in [6, 6.07) is 12.4. The summed E-state index contributed by atoms with van der Waals surface area (Å²) in [5.74, 6) is 0.572. The van der Waals surface area contributed by atoms with Crippen molar-refractivity contribution in [2.24, 2.45) is 0 Å². The van der Waals surface area contributed by atoms with Gasteiger partial charge in [0.15, 0.2) is 0 Å². The Balaban J connectivity index is 1.74. The van der Waals surface area contributed by atoms with Crippen molar-refractivity contribution in [2.45, 2.75) is 19.5 Å². The monoisotopic (exact) mass is 303 g/mol. The number of rotatable bonds is 4. The maximum absolute atomic E-state index is 13.7. The van der Waals surface area contributed by atoms with Crippen molar-refractivity contribution in [3.05, 3.63) is 64.7 Å². The SMILES string of the molecule is CC(NCc1cc(Cl)ccc1F)c1nc2ccccc2[nH]1. The van der Waals surface area contributed by atoms with Gasteiger partial charge in [0.25, 0.3) is 0 Å². The van der Waals surface area contributed by atoms with Crippen molar-refractivity contribution in [1.29, 1.82) is 0 Å². The number of nitrogens with zero attached hydrogens (tertiary/aromatic N) is 1. The maximum atomic E-state index is 13.7. The molecular weight excluding hydrogens is 289 g/mol. The highest BCUT2D eigenvalue weighted by molar-refractivity contribution is 6.30. The van der Waals surface area contributed by atoms with E-state index in [0.717, 1.165) is 16.9 Å². The zero-order valence-electron chi connectivity index (χ0n) is 11.5. The predicted octanol–water partition coefficient (Wildman–Crippen LogP) is 4.21. The summed E-state index contributed by atoms with van der Waals surface area (Å²) in [6.07, 6.45) is 0. The normalized spacial score (nSPS) is 12.7. The van der Waals surface area contributed by atoms with Crippen LogP contribution < -0.4 is 5.32 Å². The van der Waals surface area contributed by atoms with Gasteiger partial charge in [0.2, 0.25) is 0 Å². The molecule has 0 saturated carbocycles. The van der Waals surface area contributed by atoms with Crippen LogP contribution in [-0.4, -0.2) is 9.97 Å². The highest BCUT2D eigenvalue weighted by atomic mass is 35.5. The summed E-state index contributed by atoms with van der Waals surface area (Å²) in [4.78, 5) is 7.79. The lowest BCUT2D eigenvalue weighted by Crippen LogP contribution is -2.19. The largest absolute Gasteiger partial charge is 0.341 e. The molecule has 2 aromatic carbocycles. The molecule has 0 aliphatic rings. The molecule has 2 N–H and O–H groups in total. The topological polar surface area (TPSA) is 40.7 Å². The summed E-state index contributed by atoms with van der Waals surface area (Å²) >= 11 is 5.89. The molecule has 3 aromatic rings. The number of aromatic amines is 1. The van der Waals surface area contributed by atoms with E-state index in [9.17, 15) is 4.39 Å². The van der Waals surface area contributed by atoms with E-state index in [-0.39, 0.29) is 11.9 Å². The molecular formula is C16H15ClFN3. The molecule has 0 radical (unpaired) electrons. The Kier molecular flexibility index (Phi) is 3.90. The Bertz CT molecular complexity index is 736. The van der Waals surface area contributed by atoms with Crippen molar-refractivity contribution in [3.8, 4) is 0 Å². The third-order valence-corrected chi connectivity index (χ3v) is 3.66. The smallest absolute Gasteiger partial charge is 0.127 e. The van der Waals surface area contributed by atoms with E-state index in [1.165, 1.54) is 6.07 Å². The molecule has 0 saturated heterocycles. The summed E-state index contributed by atoms with van der Waals surface area (Å²) in [6.45, 7) is 2.38. The van der Waals surface area contributed by atoms with Gasteiger partial charge in [-0.15, -0.1) is 0 Å². The number of fused-ring (bicyclic) bond motifs is 1. The van der Waals surface area contributed by atoms with E-state index < -0.39 is 0 Å². The van der Waals surface area contributed by atoms with Crippen molar-refractivity contribution < 1.29 is 4.39 Å². The highest BCUT2D eigenvalue weighted by Crippen LogP contribution is 2.18. The van der Waals surface area contributed by atoms with E-state index in [1.807, 2.05) is 31.2 Å². The molecule has 0 fully saturated rings. The summed E-state index contributed by atoms with van der Waals surface area (Å²) in [5, 5.41) is 3.78. The fraction of sp³-hybridized carbons (Fsp3) is 0.188. The van der Waals surface area contributed by atoms with E-state index in [4.69, 9.17) is 11.6 Å². The van der Waals surface area contributed by atoms with Crippen LogP contribution >= 0.6 is 11.6 Å². The number of imidazole rings is 1. The van der Waals surface area contributed by atoms with Gasteiger partial charge < -0.3 is 10.3 Å². The minimum Gasteiger partial charge on any atom is -0.341 e. The zero-order chi connectivity index (χ0) is 14.8. The number of aromatic nitrogens is 2. The van der Waals surface area contributed by atoms with Crippen LogP contribution in [0.3, 0.4) is 0 Å². The first kappa shape index (κ1) is 14.0. The number of hydrogen-bond acceptors (Lipinski definition) is 2. The van der Waals surface area contributed by atoms with E-state index >= 15 is 0 Å². The van der Waals surface area contributed by atoms with Crippen LogP contribution in [0.5, 0.6) is 0 Å². The molecule has 3 rings (SSSR count). The minimum absolute atomic E-state index is 0.0178. The molecule has 1 heterocycles. The second kappa shape index (κ2) is 5.84. The number of benzene rings is 2. The molecule has 1 aromatic heterocycles. The second-order valence-electron chi connectivity index (χ2n) is 4.98. The average molecular weight is 304 g/mol. The van der Waals surface area contributed by atoms with Crippen LogP contribution in [-0.2, 0) is 6.54 Å². The number of halogens is 2. The fourth-order valence-electron chi connectivity index (χ4n) is 2.22. The van der Waals surface area contributed by atoms with Crippen molar-refractivity contribution >= 4 is 22.6 Å². The number of para-hydroxylation sites is 2. The van der Waals surface area contributed by atoms with Gasteiger partial charge in [-0.25, -0.2) is 9.37 Å². The lowest BCUT2D eigenvalue weighted by molar-refractivity contribution is 0.530. The second-order valence-corrected chi connectivity index (χ2v) is 5.41.